The van der Waals surface area contributed by atoms with Crippen LogP contribution in [-0.4, -0.2) is 23.7 Å². The lowest BCUT2D eigenvalue weighted by molar-refractivity contribution is 0.661. The van der Waals surface area contributed by atoms with Crippen LogP contribution in [0.15, 0.2) is 273 Å². The molecule has 0 unspecified atom stereocenters. The summed E-state index contributed by atoms with van der Waals surface area (Å²) < 4.78 is 7.36. The summed E-state index contributed by atoms with van der Waals surface area (Å²) in [5.41, 5.74) is 32.2. The molecule has 3 aliphatic rings. The fraction of sp³-hybridized carbons (Fsp3) is 0.101. The molecule has 0 radical (unpaired) electrons. The van der Waals surface area contributed by atoms with Gasteiger partial charge in [-0.1, -0.05) is 211 Å². The first-order chi connectivity index (χ1) is 45.9. The number of para-hydroxylation sites is 3. The van der Waals surface area contributed by atoms with E-state index in [1.54, 1.807) is 0 Å². The summed E-state index contributed by atoms with van der Waals surface area (Å²) in [6.07, 6.45) is 0. The molecule has 13 aromatic carbocycles. The molecule has 0 spiro atoms. The third kappa shape index (κ3) is 7.24. The van der Waals surface area contributed by atoms with Crippen LogP contribution >= 0.6 is 0 Å². The van der Waals surface area contributed by atoms with Crippen molar-refractivity contribution >= 4 is 76.3 Å². The monoisotopic (exact) mass is 1200 g/mol. The standard InChI is InChI=1S/C89H63N5/c1-87(2)72-28-13-7-22-59(72)65-46-68-62-25-10-16-31-79(62)92(82(68)49-75(65)87)56-39-34-52(35-40-56)54-38-43-78-71(45-54)85(53-36-41-57(42-37-53)93-80-32-17-11-26-63(80)69-47-66-60-23-8-14-29-73(60)88(3,4)76(66)50-83(69)93)91-86(90-78)55-20-19-21-58(44-55)94-81-33-18-12-27-64(81)70-48-67-61-24-9-15-30-74(61)89(5,6)77(67)51-84(70)94/h7-51H,1-6H3. The zero-order valence-corrected chi connectivity index (χ0v) is 53.2. The minimum atomic E-state index is -0.145. The van der Waals surface area contributed by atoms with Crippen LogP contribution in [0, 0.1) is 0 Å². The lowest BCUT2D eigenvalue weighted by Crippen LogP contribution is -2.15. The molecular weight excluding hydrogens is 1140 g/mol. The van der Waals surface area contributed by atoms with E-state index >= 15 is 0 Å². The second kappa shape index (κ2) is 18.9. The van der Waals surface area contributed by atoms with Crippen molar-refractivity contribution in [1.82, 2.24) is 23.7 Å². The van der Waals surface area contributed by atoms with E-state index in [4.69, 9.17) is 9.97 Å². The van der Waals surface area contributed by atoms with Crippen LogP contribution < -0.4 is 0 Å². The van der Waals surface area contributed by atoms with Crippen LogP contribution in [0.1, 0.15) is 74.9 Å². The van der Waals surface area contributed by atoms with E-state index in [1.165, 1.54) is 132 Å². The zero-order chi connectivity index (χ0) is 62.7. The van der Waals surface area contributed by atoms with Crippen LogP contribution in [0.4, 0.5) is 0 Å². The van der Waals surface area contributed by atoms with Crippen LogP contribution in [0.25, 0.3) is 161 Å². The minimum absolute atomic E-state index is 0.116. The van der Waals surface area contributed by atoms with Gasteiger partial charge < -0.3 is 13.7 Å². The van der Waals surface area contributed by atoms with Crippen LogP contribution in [0.2, 0.25) is 0 Å². The van der Waals surface area contributed by atoms with E-state index in [9.17, 15) is 0 Å². The second-order valence-electron chi connectivity index (χ2n) is 28.1. The SMILES string of the molecule is CC1(C)c2ccccc2-c2cc3c4ccccc4n(-c4ccc(-c5ccc6nc(-c7cccc(-n8c9ccccc9c9cc%10c(cc98)C(C)(C)c8ccccc8-%10)c7)nc(-c7ccc(-n8c9ccccc9c9cc%10c(cc98)C(C)(C)c8ccccc8-%10)cc7)c6c5)cc4)c3cc21. The number of fused-ring (bicyclic) bond motifs is 19. The van der Waals surface area contributed by atoms with Gasteiger partial charge in [0.05, 0.1) is 44.3 Å². The molecule has 0 atom stereocenters. The Bertz CT molecular complexity index is 6180. The Morgan fingerprint density at radius 2 is 0.628 bits per heavy atom. The first kappa shape index (κ1) is 53.3. The summed E-state index contributed by atoms with van der Waals surface area (Å²) in [6, 6.07) is 102. The van der Waals surface area contributed by atoms with Gasteiger partial charge in [0.1, 0.15) is 0 Å². The highest BCUT2D eigenvalue weighted by molar-refractivity contribution is 6.14. The van der Waals surface area contributed by atoms with Crippen molar-refractivity contribution in [2.45, 2.75) is 57.8 Å². The van der Waals surface area contributed by atoms with Gasteiger partial charge in [0, 0.05) is 82.1 Å². The quantitative estimate of drug-likeness (QED) is 0.166. The van der Waals surface area contributed by atoms with Crippen LogP contribution in [0.3, 0.4) is 0 Å². The Morgan fingerprint density at radius 3 is 1.09 bits per heavy atom. The average molecular weight is 1200 g/mol. The van der Waals surface area contributed by atoms with E-state index in [-0.39, 0.29) is 16.2 Å². The van der Waals surface area contributed by atoms with Gasteiger partial charge >= 0.3 is 0 Å². The summed E-state index contributed by atoms with van der Waals surface area (Å²) in [5, 5.41) is 8.49. The van der Waals surface area contributed by atoms with Gasteiger partial charge in [0.15, 0.2) is 5.82 Å². The maximum Gasteiger partial charge on any atom is 0.160 e. The molecule has 20 rings (SSSR count). The Morgan fingerprint density at radius 1 is 0.234 bits per heavy atom. The molecule has 17 aromatic rings. The van der Waals surface area contributed by atoms with Crippen molar-refractivity contribution < 1.29 is 0 Å². The molecule has 0 saturated carbocycles. The molecule has 0 N–H and O–H groups in total. The molecule has 444 valence electrons. The van der Waals surface area contributed by atoms with E-state index in [0.29, 0.717) is 5.82 Å². The summed E-state index contributed by atoms with van der Waals surface area (Å²) >= 11 is 0. The highest BCUT2D eigenvalue weighted by Crippen LogP contribution is 2.55. The van der Waals surface area contributed by atoms with Crippen molar-refractivity contribution in [2.75, 3.05) is 0 Å². The topological polar surface area (TPSA) is 40.6 Å². The average Bonchev–Trinajstić information content (AvgIpc) is 1.55. The smallest absolute Gasteiger partial charge is 0.160 e. The van der Waals surface area contributed by atoms with Gasteiger partial charge in [-0.05, 0) is 181 Å². The van der Waals surface area contributed by atoms with Crippen molar-refractivity contribution in [3.05, 3.63) is 306 Å². The minimum Gasteiger partial charge on any atom is -0.309 e. The summed E-state index contributed by atoms with van der Waals surface area (Å²) in [6.45, 7) is 14.2. The molecule has 0 aliphatic heterocycles. The van der Waals surface area contributed by atoms with Gasteiger partial charge in [0.2, 0.25) is 0 Å². The van der Waals surface area contributed by atoms with E-state index in [0.717, 1.165) is 55.9 Å². The Hall–Kier alpha value is -11.4. The van der Waals surface area contributed by atoms with E-state index < -0.39 is 0 Å². The molecule has 0 fully saturated rings. The maximum absolute atomic E-state index is 5.70. The molecule has 94 heavy (non-hydrogen) atoms. The fourth-order valence-corrected chi connectivity index (χ4v) is 17.3. The predicted molar refractivity (Wildman–Crippen MR) is 392 cm³/mol. The summed E-state index contributed by atoms with van der Waals surface area (Å²) in [5.74, 6) is 0.674. The molecule has 5 nitrogen and oxygen atoms in total. The van der Waals surface area contributed by atoms with Gasteiger partial charge in [0.25, 0.3) is 0 Å². The largest absolute Gasteiger partial charge is 0.309 e. The first-order valence-corrected chi connectivity index (χ1v) is 33.0. The van der Waals surface area contributed by atoms with Gasteiger partial charge in [-0.2, -0.15) is 0 Å². The van der Waals surface area contributed by atoms with Gasteiger partial charge in [-0.15, -0.1) is 0 Å². The summed E-state index contributed by atoms with van der Waals surface area (Å²) in [7, 11) is 0. The highest BCUT2D eigenvalue weighted by Gasteiger charge is 2.39. The molecular formula is C89H63N5. The van der Waals surface area contributed by atoms with Crippen molar-refractivity contribution in [3.63, 3.8) is 0 Å². The lowest BCUT2D eigenvalue weighted by atomic mass is 9.82. The molecule has 0 amide bonds. The molecule has 0 bridgehead atoms. The van der Waals surface area contributed by atoms with Gasteiger partial charge in [-0.25, -0.2) is 9.97 Å². The van der Waals surface area contributed by atoms with Crippen molar-refractivity contribution in [1.29, 1.82) is 0 Å². The Kier molecular flexibility index (Phi) is 10.7. The number of rotatable bonds is 6. The molecule has 5 heteroatoms. The number of hydrogen-bond donors (Lipinski definition) is 0. The molecule has 3 aliphatic carbocycles. The van der Waals surface area contributed by atoms with Crippen molar-refractivity contribution in [2.24, 2.45) is 0 Å². The third-order valence-corrected chi connectivity index (χ3v) is 22.0. The fourth-order valence-electron chi connectivity index (χ4n) is 17.3. The summed E-state index contributed by atoms with van der Waals surface area (Å²) in [4.78, 5) is 11.2. The number of benzene rings is 13. The molecule has 4 heterocycles. The first-order valence-electron chi connectivity index (χ1n) is 33.0. The second-order valence-corrected chi connectivity index (χ2v) is 28.1. The molecule has 4 aromatic heterocycles. The Balaban J connectivity index is 0.736. The van der Waals surface area contributed by atoms with Crippen LogP contribution in [-0.2, 0) is 16.2 Å². The lowest BCUT2D eigenvalue weighted by Gasteiger charge is -2.21. The third-order valence-electron chi connectivity index (χ3n) is 22.0. The number of hydrogen-bond acceptors (Lipinski definition) is 2. The number of nitrogens with zero attached hydrogens (tertiary/aromatic N) is 5. The predicted octanol–water partition coefficient (Wildman–Crippen LogP) is 22.8. The van der Waals surface area contributed by atoms with Crippen LogP contribution in [0.5, 0.6) is 0 Å². The Labute approximate surface area is 545 Å². The maximum atomic E-state index is 5.70. The van der Waals surface area contributed by atoms with Gasteiger partial charge in [-0.3, -0.25) is 0 Å². The van der Waals surface area contributed by atoms with Crippen molar-refractivity contribution in [3.8, 4) is 84.2 Å². The highest BCUT2D eigenvalue weighted by atomic mass is 15.0. The van der Waals surface area contributed by atoms with E-state index in [2.05, 4.69) is 328 Å². The molecule has 0 saturated heterocycles. The normalized spacial score (nSPS) is 14.5. The van der Waals surface area contributed by atoms with E-state index in [1.807, 2.05) is 0 Å². The zero-order valence-electron chi connectivity index (χ0n) is 53.2. The number of aromatic nitrogens is 5.